The number of esters is 1. The smallest absolute Gasteiger partial charge is 0.338 e. The van der Waals surface area contributed by atoms with E-state index < -0.39 is 30.3 Å². The molecule has 1 heterocycles. The fourth-order valence-electron chi connectivity index (χ4n) is 4.37. The van der Waals surface area contributed by atoms with E-state index >= 15 is 0 Å². The van der Waals surface area contributed by atoms with Gasteiger partial charge >= 0.3 is 5.97 Å². The first-order chi connectivity index (χ1) is 19.2. The van der Waals surface area contributed by atoms with E-state index in [0.717, 1.165) is 21.6 Å². The number of hydrogen-bond donors (Lipinski definition) is 1. The molecule has 4 aromatic rings. The molecular weight excluding hydrogens is 508 g/mol. The van der Waals surface area contributed by atoms with Gasteiger partial charge in [-0.25, -0.2) is 9.69 Å². The maximum absolute atomic E-state index is 13.2. The average molecular weight is 535 g/mol. The Morgan fingerprint density at radius 3 is 2.25 bits per heavy atom. The van der Waals surface area contributed by atoms with E-state index in [1.807, 2.05) is 57.2 Å². The van der Waals surface area contributed by atoms with Crippen LogP contribution in [0.2, 0.25) is 0 Å². The largest absolute Gasteiger partial charge is 0.457 e. The number of hydrogen-bond acceptors (Lipinski definition) is 6. The highest BCUT2D eigenvalue weighted by Gasteiger charge is 2.37. The molecule has 0 spiro atoms. The van der Waals surface area contributed by atoms with Crippen LogP contribution in [0.25, 0.3) is 0 Å². The Balaban J connectivity index is 1.25. The minimum absolute atomic E-state index is 0.0585. The Kier molecular flexibility index (Phi) is 7.16. The van der Waals surface area contributed by atoms with E-state index in [2.05, 4.69) is 5.32 Å². The summed E-state index contributed by atoms with van der Waals surface area (Å²) in [6, 6.07) is 23.8. The van der Waals surface area contributed by atoms with Crippen molar-refractivity contribution in [1.82, 2.24) is 0 Å². The number of carbonyl (C=O) groups excluding carboxylic acids is 4. The van der Waals surface area contributed by atoms with Gasteiger partial charge in [0.05, 0.1) is 22.4 Å². The van der Waals surface area contributed by atoms with E-state index in [0.29, 0.717) is 22.9 Å². The average Bonchev–Trinajstić information content (AvgIpc) is 3.19. The molecule has 8 heteroatoms. The van der Waals surface area contributed by atoms with E-state index in [1.165, 1.54) is 18.2 Å². The predicted octanol–water partition coefficient (Wildman–Crippen LogP) is 6.00. The van der Waals surface area contributed by atoms with Crippen LogP contribution in [0.4, 0.5) is 11.4 Å². The van der Waals surface area contributed by atoms with Gasteiger partial charge in [-0.05, 0) is 98.1 Å². The Morgan fingerprint density at radius 2 is 1.50 bits per heavy atom. The fraction of sp³-hybridized carbons (Fsp3) is 0.125. The molecule has 40 heavy (non-hydrogen) atoms. The quantitative estimate of drug-likeness (QED) is 0.231. The van der Waals surface area contributed by atoms with Gasteiger partial charge in [0.2, 0.25) is 0 Å². The third-order valence-electron chi connectivity index (χ3n) is 6.66. The van der Waals surface area contributed by atoms with E-state index in [-0.39, 0.29) is 16.7 Å². The summed E-state index contributed by atoms with van der Waals surface area (Å²) in [6.07, 6.45) is 0. The summed E-state index contributed by atoms with van der Waals surface area (Å²) in [4.78, 5) is 52.3. The Hall–Kier alpha value is -5.24. The van der Waals surface area contributed by atoms with Crippen molar-refractivity contribution in [3.8, 4) is 11.5 Å². The van der Waals surface area contributed by atoms with Crippen LogP contribution in [-0.2, 0) is 9.53 Å². The van der Waals surface area contributed by atoms with Crippen LogP contribution in [0.5, 0.6) is 11.5 Å². The number of nitrogens with one attached hydrogen (secondary N) is 1. The normalized spacial score (nSPS) is 12.2. The van der Waals surface area contributed by atoms with Crippen molar-refractivity contribution < 1.29 is 28.7 Å². The van der Waals surface area contributed by atoms with Gasteiger partial charge in [-0.1, -0.05) is 24.3 Å². The monoisotopic (exact) mass is 534 g/mol. The number of aryl methyl sites for hydroxylation is 2. The van der Waals surface area contributed by atoms with Crippen LogP contribution in [0, 0.1) is 20.8 Å². The van der Waals surface area contributed by atoms with Crippen LogP contribution in [-0.4, -0.2) is 30.3 Å². The summed E-state index contributed by atoms with van der Waals surface area (Å²) in [6.45, 7) is 5.28. The molecule has 200 valence electrons. The van der Waals surface area contributed by atoms with Crippen molar-refractivity contribution >= 4 is 35.1 Å². The summed E-state index contributed by atoms with van der Waals surface area (Å²) in [5.74, 6) is -1.10. The molecule has 0 unspecified atom stereocenters. The van der Waals surface area contributed by atoms with Crippen LogP contribution >= 0.6 is 0 Å². The van der Waals surface area contributed by atoms with Crippen LogP contribution < -0.4 is 15.0 Å². The lowest BCUT2D eigenvalue weighted by molar-refractivity contribution is -0.119. The van der Waals surface area contributed by atoms with Crippen molar-refractivity contribution in [2.24, 2.45) is 0 Å². The van der Waals surface area contributed by atoms with Gasteiger partial charge in [0, 0.05) is 5.69 Å². The Labute approximate surface area is 231 Å². The summed E-state index contributed by atoms with van der Waals surface area (Å²) in [5.41, 5.74) is 4.32. The topological polar surface area (TPSA) is 102 Å². The van der Waals surface area contributed by atoms with Crippen LogP contribution in [0.1, 0.15) is 47.8 Å². The van der Waals surface area contributed by atoms with E-state index in [1.54, 1.807) is 30.3 Å². The second-order valence-electron chi connectivity index (χ2n) is 9.49. The van der Waals surface area contributed by atoms with Gasteiger partial charge in [0.1, 0.15) is 11.5 Å². The molecule has 0 aromatic heterocycles. The van der Waals surface area contributed by atoms with Crippen molar-refractivity contribution in [2.45, 2.75) is 20.8 Å². The molecule has 0 radical (unpaired) electrons. The number of nitrogens with zero attached hydrogens (tertiary/aromatic N) is 1. The summed E-state index contributed by atoms with van der Waals surface area (Å²) < 4.78 is 11.0. The SMILES string of the molecule is Cc1cccc(Oc2ccc(N3C(=O)c4ccc(C(=O)OCC(=O)Nc5cccc(C)c5C)cc4C3=O)cc2)c1. The third kappa shape index (κ3) is 5.33. The lowest BCUT2D eigenvalue weighted by Crippen LogP contribution is -2.29. The second-order valence-corrected chi connectivity index (χ2v) is 9.49. The predicted molar refractivity (Wildman–Crippen MR) is 150 cm³/mol. The Morgan fingerprint density at radius 1 is 0.775 bits per heavy atom. The van der Waals surface area contributed by atoms with Gasteiger partial charge in [-0.2, -0.15) is 0 Å². The second kappa shape index (κ2) is 10.9. The van der Waals surface area contributed by atoms with Gasteiger partial charge < -0.3 is 14.8 Å². The molecular formula is C32H26N2O6. The molecule has 0 aliphatic carbocycles. The highest BCUT2D eigenvalue weighted by molar-refractivity contribution is 6.34. The fourth-order valence-corrected chi connectivity index (χ4v) is 4.37. The lowest BCUT2D eigenvalue weighted by Gasteiger charge is -2.14. The first-order valence-electron chi connectivity index (χ1n) is 12.6. The van der Waals surface area contributed by atoms with Crippen LogP contribution in [0.15, 0.2) is 84.9 Å². The first-order valence-corrected chi connectivity index (χ1v) is 12.6. The van der Waals surface area contributed by atoms with Gasteiger partial charge in [0.15, 0.2) is 6.61 Å². The first kappa shape index (κ1) is 26.4. The molecule has 1 N–H and O–H groups in total. The van der Waals surface area contributed by atoms with Crippen molar-refractivity contribution in [1.29, 1.82) is 0 Å². The van der Waals surface area contributed by atoms with Crippen molar-refractivity contribution in [2.75, 3.05) is 16.8 Å². The third-order valence-corrected chi connectivity index (χ3v) is 6.66. The molecule has 0 saturated heterocycles. The van der Waals surface area contributed by atoms with E-state index in [4.69, 9.17) is 9.47 Å². The molecule has 0 saturated carbocycles. The molecule has 4 aromatic carbocycles. The number of ether oxygens (including phenoxy) is 2. The van der Waals surface area contributed by atoms with Gasteiger partial charge in [0.25, 0.3) is 17.7 Å². The molecule has 0 bridgehead atoms. The number of amides is 3. The van der Waals surface area contributed by atoms with Crippen molar-refractivity contribution in [3.63, 3.8) is 0 Å². The summed E-state index contributed by atoms with van der Waals surface area (Å²) >= 11 is 0. The molecule has 0 fully saturated rings. The molecule has 1 aliphatic rings. The maximum Gasteiger partial charge on any atom is 0.338 e. The number of anilines is 2. The molecule has 3 amide bonds. The number of carbonyl (C=O) groups is 4. The highest BCUT2D eigenvalue weighted by atomic mass is 16.5. The van der Waals surface area contributed by atoms with Gasteiger partial charge in [-0.15, -0.1) is 0 Å². The summed E-state index contributed by atoms with van der Waals surface area (Å²) in [5, 5.41) is 2.73. The number of imide groups is 1. The maximum atomic E-state index is 13.2. The molecule has 5 rings (SSSR count). The molecule has 1 aliphatic heterocycles. The highest BCUT2D eigenvalue weighted by Crippen LogP contribution is 2.31. The zero-order valence-corrected chi connectivity index (χ0v) is 22.2. The van der Waals surface area contributed by atoms with Gasteiger partial charge in [-0.3, -0.25) is 14.4 Å². The number of fused-ring (bicyclic) bond motifs is 1. The van der Waals surface area contributed by atoms with E-state index in [9.17, 15) is 19.2 Å². The standard InChI is InChI=1S/C32H26N2O6/c1-19-6-4-8-25(16-19)40-24-13-11-23(12-14-24)34-30(36)26-15-10-22(17-27(26)31(34)37)32(38)39-18-29(35)33-28-9-5-7-20(2)21(28)3/h4-17H,18H2,1-3H3,(H,33,35). The lowest BCUT2D eigenvalue weighted by atomic mass is 10.1. The Bertz CT molecular complexity index is 1660. The summed E-state index contributed by atoms with van der Waals surface area (Å²) in [7, 11) is 0. The molecule has 0 atom stereocenters. The molecule has 8 nitrogen and oxygen atoms in total. The minimum Gasteiger partial charge on any atom is -0.457 e. The number of benzene rings is 4. The van der Waals surface area contributed by atoms with Crippen LogP contribution in [0.3, 0.4) is 0 Å². The van der Waals surface area contributed by atoms with Crippen molar-refractivity contribution in [3.05, 3.63) is 118 Å². The number of rotatable bonds is 7. The zero-order valence-electron chi connectivity index (χ0n) is 22.2. The zero-order chi connectivity index (χ0) is 28.4. The minimum atomic E-state index is -0.782.